The van der Waals surface area contributed by atoms with Gasteiger partial charge in [-0.15, -0.1) is 0 Å². The summed E-state index contributed by atoms with van der Waals surface area (Å²) in [5.74, 6) is -0.582. The monoisotopic (exact) mass is 363 g/mol. The van der Waals surface area contributed by atoms with E-state index in [-0.39, 0.29) is 17.7 Å². The molecule has 26 heavy (non-hydrogen) atoms. The van der Waals surface area contributed by atoms with E-state index in [1.165, 1.54) is 16.1 Å². The van der Waals surface area contributed by atoms with Gasteiger partial charge in [-0.05, 0) is 38.1 Å². The van der Waals surface area contributed by atoms with Crippen LogP contribution in [0.4, 0.5) is 0 Å². The normalized spacial score (nSPS) is 23.6. The fourth-order valence-corrected chi connectivity index (χ4v) is 3.65. The van der Waals surface area contributed by atoms with Crippen molar-refractivity contribution >= 4 is 17.8 Å². The minimum Gasteiger partial charge on any atom is -0.461 e. The molecule has 0 radical (unpaired) electrons. The Morgan fingerprint density at radius 3 is 2.27 bits per heavy atom. The Morgan fingerprint density at radius 2 is 1.77 bits per heavy atom. The topological polar surface area (TPSA) is 70.2 Å². The van der Waals surface area contributed by atoms with Gasteiger partial charge >= 0.3 is 5.97 Å². The summed E-state index contributed by atoms with van der Waals surface area (Å²) in [5.41, 5.74) is 0.294. The second kappa shape index (κ2) is 8.98. The van der Waals surface area contributed by atoms with Gasteiger partial charge in [0.15, 0.2) is 0 Å². The van der Waals surface area contributed by atoms with Gasteiger partial charge in [0.1, 0.15) is 12.2 Å². The maximum absolute atomic E-state index is 12.2. The first-order valence-electron chi connectivity index (χ1n) is 9.20. The predicted octanol–water partition coefficient (Wildman–Crippen LogP) is 1.37. The second-order valence-corrected chi connectivity index (χ2v) is 6.81. The lowest BCUT2D eigenvalue weighted by molar-refractivity contribution is -0.141. The van der Waals surface area contributed by atoms with Crippen LogP contribution in [0, 0.1) is 5.92 Å². The molecular weight excluding hydrogens is 334 g/mol. The molecule has 0 N–H and O–H groups in total. The van der Waals surface area contributed by atoms with E-state index in [1.807, 2.05) is 6.08 Å². The van der Waals surface area contributed by atoms with E-state index in [4.69, 9.17) is 4.74 Å². The molecule has 144 valence electrons. The lowest BCUT2D eigenvalue weighted by Gasteiger charge is -2.35. The molecular formula is C19H29N3O4. The van der Waals surface area contributed by atoms with Gasteiger partial charge < -0.3 is 4.74 Å². The first kappa shape index (κ1) is 20.2. The molecule has 0 aromatic heterocycles. The minimum absolute atomic E-state index is 0.223. The van der Waals surface area contributed by atoms with Crippen molar-refractivity contribution in [3.63, 3.8) is 0 Å². The average molecular weight is 363 g/mol. The number of amides is 2. The Morgan fingerprint density at radius 1 is 1.19 bits per heavy atom. The van der Waals surface area contributed by atoms with Crippen LogP contribution in [-0.2, 0) is 19.1 Å². The van der Waals surface area contributed by atoms with E-state index in [2.05, 4.69) is 18.4 Å². The quantitative estimate of drug-likeness (QED) is 0.388. The zero-order valence-corrected chi connectivity index (χ0v) is 15.9. The van der Waals surface area contributed by atoms with Crippen LogP contribution >= 0.6 is 0 Å². The number of likely N-dealkylation sites (N-methyl/N-ethyl adjacent to an activating group) is 3. The van der Waals surface area contributed by atoms with Crippen LogP contribution in [0.1, 0.15) is 32.6 Å². The zero-order valence-electron chi connectivity index (χ0n) is 15.9. The molecule has 2 rings (SSSR count). The highest BCUT2D eigenvalue weighted by Crippen LogP contribution is 2.30. The Balaban J connectivity index is 1.87. The number of hydrazine groups is 1. The third kappa shape index (κ3) is 4.52. The van der Waals surface area contributed by atoms with Crippen molar-refractivity contribution in [1.29, 1.82) is 0 Å². The van der Waals surface area contributed by atoms with Gasteiger partial charge in [0.25, 0.3) is 11.8 Å². The van der Waals surface area contributed by atoms with Crippen molar-refractivity contribution in [3.8, 4) is 0 Å². The summed E-state index contributed by atoms with van der Waals surface area (Å²) in [7, 11) is 3.21. The lowest BCUT2D eigenvalue weighted by Crippen LogP contribution is -2.40. The zero-order chi connectivity index (χ0) is 19.3. The predicted molar refractivity (Wildman–Crippen MR) is 97.8 cm³/mol. The summed E-state index contributed by atoms with van der Waals surface area (Å²) in [6.07, 6.45) is 6.95. The van der Waals surface area contributed by atoms with Gasteiger partial charge in [0.05, 0.1) is 0 Å². The molecule has 0 bridgehead atoms. The van der Waals surface area contributed by atoms with E-state index >= 15 is 0 Å². The Kier molecular flexibility index (Phi) is 6.97. The third-order valence-electron chi connectivity index (χ3n) is 5.35. The minimum atomic E-state index is -0.391. The van der Waals surface area contributed by atoms with E-state index in [1.54, 1.807) is 14.1 Å². The van der Waals surface area contributed by atoms with Gasteiger partial charge in [-0.3, -0.25) is 24.5 Å². The van der Waals surface area contributed by atoms with Gasteiger partial charge in [-0.2, -0.15) is 0 Å². The number of carbonyl (C=O) groups is 3. The van der Waals surface area contributed by atoms with Crippen LogP contribution in [0.15, 0.2) is 24.3 Å². The molecule has 2 aliphatic rings. The summed E-state index contributed by atoms with van der Waals surface area (Å²) in [6.45, 7) is 7.46. The smallest absolute Gasteiger partial charge is 0.330 e. The van der Waals surface area contributed by atoms with Crippen LogP contribution in [-0.4, -0.2) is 72.5 Å². The number of nitrogens with zero attached hydrogens (tertiary/aromatic N) is 3. The standard InChI is InChI=1S/C19H29N3O4/c1-5-17(23)26-12-11-22(6-2)15-9-7-14(8-10-15)13-16-18(24)20(3)21(4)19(16)25/h5,13-15H,1,6-12H2,2-4H3. The fraction of sp³-hybridized carbons (Fsp3) is 0.632. The van der Waals surface area contributed by atoms with Crippen molar-refractivity contribution in [3.05, 3.63) is 24.3 Å². The molecule has 7 heteroatoms. The largest absolute Gasteiger partial charge is 0.461 e. The summed E-state index contributed by atoms with van der Waals surface area (Å²) in [5, 5.41) is 2.70. The molecule has 2 fully saturated rings. The van der Waals surface area contributed by atoms with Crippen LogP contribution in [0.5, 0.6) is 0 Å². The Labute approximate surface area is 155 Å². The molecule has 0 aromatic rings. The number of rotatable bonds is 7. The van der Waals surface area contributed by atoms with E-state index in [0.717, 1.165) is 32.2 Å². The van der Waals surface area contributed by atoms with Crippen LogP contribution in [0.2, 0.25) is 0 Å². The first-order valence-corrected chi connectivity index (χ1v) is 9.20. The van der Waals surface area contributed by atoms with Crippen molar-refractivity contribution in [2.75, 3.05) is 33.8 Å². The Hall–Kier alpha value is -2.15. The number of hydrogen-bond acceptors (Lipinski definition) is 5. The summed E-state index contributed by atoms with van der Waals surface area (Å²) < 4.78 is 5.08. The highest BCUT2D eigenvalue weighted by Gasteiger charge is 2.37. The summed E-state index contributed by atoms with van der Waals surface area (Å²) in [4.78, 5) is 37.8. The SMILES string of the molecule is C=CC(=O)OCCN(CC)C1CCC(C=C2C(=O)N(C)N(C)C2=O)CC1. The molecule has 1 saturated heterocycles. The highest BCUT2D eigenvalue weighted by atomic mass is 16.5. The van der Waals surface area contributed by atoms with Gasteiger partial charge in [0, 0.05) is 32.8 Å². The molecule has 1 heterocycles. The second-order valence-electron chi connectivity index (χ2n) is 6.81. The van der Waals surface area contributed by atoms with Crippen molar-refractivity contribution in [1.82, 2.24) is 14.9 Å². The molecule has 7 nitrogen and oxygen atoms in total. The Bertz CT molecular complexity index is 572. The number of carbonyl (C=O) groups excluding carboxylic acids is 3. The third-order valence-corrected chi connectivity index (χ3v) is 5.35. The average Bonchev–Trinajstić information content (AvgIpc) is 2.83. The molecule has 1 aliphatic carbocycles. The van der Waals surface area contributed by atoms with Crippen molar-refractivity contribution < 1.29 is 19.1 Å². The van der Waals surface area contributed by atoms with E-state index in [0.29, 0.717) is 24.8 Å². The first-order chi connectivity index (χ1) is 12.4. The van der Waals surface area contributed by atoms with Crippen LogP contribution in [0.3, 0.4) is 0 Å². The number of allylic oxidation sites excluding steroid dienone is 1. The number of hydrogen-bond donors (Lipinski definition) is 0. The molecule has 0 spiro atoms. The van der Waals surface area contributed by atoms with Gasteiger partial charge in [0.2, 0.25) is 0 Å². The molecule has 0 unspecified atom stereocenters. The summed E-state index contributed by atoms with van der Waals surface area (Å²) in [6, 6.07) is 0.442. The van der Waals surface area contributed by atoms with Gasteiger partial charge in [-0.25, -0.2) is 4.79 Å². The van der Waals surface area contributed by atoms with E-state index < -0.39 is 5.97 Å². The summed E-state index contributed by atoms with van der Waals surface area (Å²) >= 11 is 0. The lowest BCUT2D eigenvalue weighted by atomic mass is 9.84. The molecule has 1 aliphatic heterocycles. The van der Waals surface area contributed by atoms with Crippen LogP contribution in [0.25, 0.3) is 0 Å². The van der Waals surface area contributed by atoms with Gasteiger partial charge in [-0.1, -0.05) is 19.6 Å². The highest BCUT2D eigenvalue weighted by molar-refractivity contribution is 6.22. The van der Waals surface area contributed by atoms with Crippen LogP contribution < -0.4 is 0 Å². The molecule has 2 amide bonds. The number of esters is 1. The van der Waals surface area contributed by atoms with Crippen molar-refractivity contribution in [2.45, 2.75) is 38.6 Å². The maximum Gasteiger partial charge on any atom is 0.330 e. The molecule has 1 saturated carbocycles. The van der Waals surface area contributed by atoms with E-state index in [9.17, 15) is 14.4 Å². The molecule has 0 aromatic carbocycles. The molecule has 0 atom stereocenters. The fourth-order valence-electron chi connectivity index (χ4n) is 3.65. The maximum atomic E-state index is 12.2. The number of ether oxygens (including phenoxy) is 1. The van der Waals surface area contributed by atoms with Crippen molar-refractivity contribution in [2.24, 2.45) is 5.92 Å².